The monoisotopic (exact) mass is 592 g/mol. The summed E-state index contributed by atoms with van der Waals surface area (Å²) >= 11 is 0. The van der Waals surface area contributed by atoms with Gasteiger partial charge in [0.1, 0.15) is 5.70 Å². The van der Waals surface area contributed by atoms with Crippen molar-refractivity contribution in [2.24, 2.45) is 0 Å². The largest absolute Gasteiger partial charge is 0.354 e. The first kappa shape index (κ1) is 28.3. The van der Waals surface area contributed by atoms with E-state index < -0.39 is 22.8 Å². The summed E-state index contributed by atoms with van der Waals surface area (Å²) in [5, 5.41) is 22.3. The molecule has 12 nitrogen and oxygen atoms in total. The van der Waals surface area contributed by atoms with E-state index in [1.807, 2.05) is 29.2 Å². The van der Waals surface area contributed by atoms with Gasteiger partial charge in [0, 0.05) is 48.6 Å². The fourth-order valence-electron chi connectivity index (χ4n) is 5.50. The number of carbonyl (C=O) groups is 4. The number of nitro groups is 1. The van der Waals surface area contributed by atoms with Crippen molar-refractivity contribution in [2.75, 3.05) is 23.7 Å². The maximum Gasteiger partial charge on any atom is 0.326 e. The fraction of sp³-hybridized carbons (Fsp3) is 0.188. The van der Waals surface area contributed by atoms with Crippen LogP contribution >= 0.6 is 0 Å². The Hall–Kier alpha value is -5.78. The third-order valence-corrected chi connectivity index (χ3v) is 7.73. The van der Waals surface area contributed by atoms with E-state index in [1.165, 1.54) is 18.2 Å². The van der Waals surface area contributed by atoms with Gasteiger partial charge in [-0.05, 0) is 60.2 Å². The molecule has 4 N–H and O–H groups in total. The van der Waals surface area contributed by atoms with E-state index in [-0.39, 0.29) is 22.9 Å². The zero-order chi connectivity index (χ0) is 30.8. The van der Waals surface area contributed by atoms with Gasteiger partial charge in [-0.25, -0.2) is 4.79 Å². The summed E-state index contributed by atoms with van der Waals surface area (Å²) in [7, 11) is 0. The van der Waals surface area contributed by atoms with Crippen molar-refractivity contribution in [2.45, 2.75) is 25.7 Å². The van der Waals surface area contributed by atoms with Gasteiger partial charge in [-0.1, -0.05) is 36.4 Å². The molecular formula is C32H28N6O6. The number of nitrogens with one attached hydrogen (secondary N) is 4. The van der Waals surface area contributed by atoms with E-state index in [2.05, 4.69) is 21.3 Å². The first-order valence-corrected chi connectivity index (χ1v) is 14.2. The molecule has 0 atom stereocenters. The Morgan fingerprint density at radius 3 is 2.36 bits per heavy atom. The lowest BCUT2D eigenvalue weighted by molar-refractivity contribution is -0.384. The molecule has 5 amide bonds. The van der Waals surface area contributed by atoms with Crippen molar-refractivity contribution < 1.29 is 24.1 Å². The van der Waals surface area contributed by atoms with Crippen molar-refractivity contribution >= 4 is 58.2 Å². The topological polar surface area (TPSA) is 163 Å². The molecule has 3 aliphatic heterocycles. The number of urea groups is 1. The third-order valence-electron chi connectivity index (χ3n) is 7.73. The number of likely N-dealkylation sites (tertiary alicyclic amines) is 1. The number of aryl methyl sites for hydroxylation is 1. The molecule has 0 aliphatic carbocycles. The summed E-state index contributed by atoms with van der Waals surface area (Å²) in [5.41, 5.74) is 4.68. The number of carbonyl (C=O) groups excluding carboxylic acids is 4. The van der Waals surface area contributed by atoms with Crippen LogP contribution in [0.5, 0.6) is 0 Å². The molecule has 0 radical (unpaired) electrons. The second-order valence-electron chi connectivity index (χ2n) is 10.7. The van der Waals surface area contributed by atoms with Crippen molar-refractivity contribution in [3.63, 3.8) is 0 Å². The lowest BCUT2D eigenvalue weighted by Gasteiger charge is -2.16. The maximum atomic E-state index is 13.3. The van der Waals surface area contributed by atoms with E-state index >= 15 is 0 Å². The number of amides is 5. The van der Waals surface area contributed by atoms with Crippen LogP contribution in [-0.4, -0.2) is 46.7 Å². The number of anilines is 2. The molecule has 3 heterocycles. The zero-order valence-corrected chi connectivity index (χ0v) is 23.5. The molecule has 0 unspecified atom stereocenters. The summed E-state index contributed by atoms with van der Waals surface area (Å²) < 4.78 is 0. The highest BCUT2D eigenvalue weighted by molar-refractivity contribution is 6.37. The van der Waals surface area contributed by atoms with Gasteiger partial charge in [0.05, 0.1) is 16.2 Å². The summed E-state index contributed by atoms with van der Waals surface area (Å²) in [4.78, 5) is 61.4. The minimum atomic E-state index is -0.584. The number of nitro benzene ring substituents is 1. The Labute approximate surface area is 252 Å². The highest BCUT2D eigenvalue weighted by atomic mass is 16.6. The van der Waals surface area contributed by atoms with Crippen LogP contribution in [0.15, 0.2) is 72.4 Å². The molecule has 12 heteroatoms. The first-order valence-electron chi connectivity index (χ1n) is 14.2. The van der Waals surface area contributed by atoms with Crippen molar-refractivity contribution in [1.29, 1.82) is 0 Å². The number of nitrogens with zero attached hydrogens (tertiary/aromatic N) is 2. The molecule has 2 fully saturated rings. The number of hydrogen-bond acceptors (Lipinski definition) is 7. The quantitative estimate of drug-likeness (QED) is 0.125. The number of fused-ring (bicyclic) bond motifs is 1. The first-order chi connectivity index (χ1) is 21.2. The molecule has 3 aromatic carbocycles. The van der Waals surface area contributed by atoms with Crippen LogP contribution in [0.25, 0.3) is 17.3 Å². The number of rotatable bonds is 9. The Balaban J connectivity index is 1.30. The molecule has 0 saturated carbocycles. The van der Waals surface area contributed by atoms with Crippen LogP contribution < -0.4 is 21.3 Å². The second kappa shape index (κ2) is 11.8. The standard InChI is InChI=1S/C32H28N6O6/c39-27-4-2-16-37(27)15-1-3-19-5-9-21(10-6-19)29(28-24-18-23(38(43)44)13-14-25(24)34-31(28)41)33-22-11-7-20(8-12-22)17-26-30(40)36-32(42)35-26/h5-14,17-18,33H,1-4,15-16H2,(H,34,41)(H2,35,36,40,42)/b26-17+,29-28-. The van der Waals surface area contributed by atoms with Gasteiger partial charge < -0.3 is 20.9 Å². The summed E-state index contributed by atoms with van der Waals surface area (Å²) in [6.45, 7) is 1.53. The molecule has 3 aliphatic rings. The van der Waals surface area contributed by atoms with E-state index in [0.29, 0.717) is 40.2 Å². The Morgan fingerprint density at radius 1 is 0.932 bits per heavy atom. The predicted molar refractivity (Wildman–Crippen MR) is 164 cm³/mol. The van der Waals surface area contributed by atoms with Crippen molar-refractivity contribution in [1.82, 2.24) is 15.5 Å². The lowest BCUT2D eigenvalue weighted by Crippen LogP contribution is -2.25. The van der Waals surface area contributed by atoms with Gasteiger partial charge in [-0.15, -0.1) is 0 Å². The Kier molecular flexibility index (Phi) is 7.63. The van der Waals surface area contributed by atoms with Crippen LogP contribution in [0, 0.1) is 10.1 Å². The van der Waals surface area contributed by atoms with E-state index in [9.17, 15) is 29.3 Å². The molecule has 6 rings (SSSR count). The average Bonchev–Trinajstić information content (AvgIpc) is 3.67. The van der Waals surface area contributed by atoms with Gasteiger partial charge >= 0.3 is 6.03 Å². The average molecular weight is 593 g/mol. The van der Waals surface area contributed by atoms with Crippen molar-refractivity contribution in [3.8, 4) is 0 Å². The van der Waals surface area contributed by atoms with Gasteiger partial charge in [-0.2, -0.15) is 0 Å². The van der Waals surface area contributed by atoms with Crippen LogP contribution in [0.3, 0.4) is 0 Å². The number of non-ortho nitro benzene ring substituents is 1. The smallest absolute Gasteiger partial charge is 0.326 e. The maximum absolute atomic E-state index is 13.3. The molecule has 2 saturated heterocycles. The Morgan fingerprint density at radius 2 is 1.70 bits per heavy atom. The normalized spacial score (nSPS) is 17.8. The van der Waals surface area contributed by atoms with E-state index in [0.717, 1.165) is 37.9 Å². The molecule has 0 bridgehead atoms. The Bertz CT molecular complexity index is 1760. The SMILES string of the molecule is O=C1NC(=O)/C(=C\c2ccc(N/C(=C3\C(=O)Nc4ccc([N+](=O)[O-])cc43)c3ccc(CCCN4CCCC4=O)cc3)cc2)N1. The molecule has 0 spiro atoms. The minimum absolute atomic E-state index is 0.131. The van der Waals surface area contributed by atoms with Crippen LogP contribution in [0.1, 0.15) is 41.5 Å². The van der Waals surface area contributed by atoms with Crippen LogP contribution in [0.4, 0.5) is 21.9 Å². The van der Waals surface area contributed by atoms with Crippen molar-refractivity contribution in [3.05, 3.63) is 105 Å². The highest BCUT2D eigenvalue weighted by Crippen LogP contribution is 2.39. The molecular weight excluding hydrogens is 564 g/mol. The number of imide groups is 1. The summed E-state index contributed by atoms with van der Waals surface area (Å²) in [5.74, 6) is -0.706. The number of benzene rings is 3. The molecule has 44 heavy (non-hydrogen) atoms. The van der Waals surface area contributed by atoms with E-state index in [4.69, 9.17) is 0 Å². The van der Waals surface area contributed by atoms with Crippen LogP contribution in [-0.2, 0) is 20.8 Å². The van der Waals surface area contributed by atoms with Gasteiger partial charge in [-0.3, -0.25) is 29.8 Å². The van der Waals surface area contributed by atoms with Gasteiger partial charge in [0.25, 0.3) is 17.5 Å². The van der Waals surface area contributed by atoms with Gasteiger partial charge in [0.15, 0.2) is 0 Å². The van der Waals surface area contributed by atoms with Crippen LogP contribution in [0.2, 0.25) is 0 Å². The van der Waals surface area contributed by atoms with E-state index in [1.54, 1.807) is 30.3 Å². The predicted octanol–water partition coefficient (Wildman–Crippen LogP) is 4.26. The van der Waals surface area contributed by atoms with Gasteiger partial charge in [0.2, 0.25) is 5.91 Å². The third kappa shape index (κ3) is 5.91. The highest BCUT2D eigenvalue weighted by Gasteiger charge is 2.30. The lowest BCUT2D eigenvalue weighted by atomic mass is 9.98. The second-order valence-corrected chi connectivity index (χ2v) is 10.7. The molecule has 0 aromatic heterocycles. The minimum Gasteiger partial charge on any atom is -0.354 e. The fourth-order valence-corrected chi connectivity index (χ4v) is 5.50. The number of hydrogen-bond donors (Lipinski definition) is 4. The summed E-state index contributed by atoms with van der Waals surface area (Å²) in [6, 6.07) is 18.4. The molecule has 3 aromatic rings. The molecule has 222 valence electrons. The zero-order valence-electron chi connectivity index (χ0n) is 23.5. The summed E-state index contributed by atoms with van der Waals surface area (Å²) in [6.07, 6.45) is 4.70.